The third kappa shape index (κ3) is 4.71. The first-order chi connectivity index (χ1) is 15.8. The zero-order valence-electron chi connectivity index (χ0n) is 18.6. The van der Waals surface area contributed by atoms with E-state index in [2.05, 4.69) is 9.88 Å². The van der Waals surface area contributed by atoms with Gasteiger partial charge in [-0.15, -0.1) is 0 Å². The number of imidazole rings is 1. The Labute approximate surface area is 200 Å². The van der Waals surface area contributed by atoms with E-state index in [-0.39, 0.29) is 17.2 Å². The molecule has 3 heterocycles. The average molecular weight is 493 g/mol. The van der Waals surface area contributed by atoms with Crippen LogP contribution in [0.5, 0.6) is 0 Å². The number of hydrogen-bond acceptors (Lipinski definition) is 5. The van der Waals surface area contributed by atoms with E-state index < -0.39 is 0 Å². The summed E-state index contributed by atoms with van der Waals surface area (Å²) < 4.78 is 4.31. The van der Waals surface area contributed by atoms with E-state index in [0.717, 1.165) is 37.0 Å². The van der Waals surface area contributed by atoms with Crippen molar-refractivity contribution in [2.75, 3.05) is 32.7 Å². The number of hydrogen-bond donors (Lipinski definition) is 0. The van der Waals surface area contributed by atoms with Crippen molar-refractivity contribution in [1.29, 1.82) is 0 Å². The number of carbonyl (C=O) groups excluding carboxylic acids is 1. The van der Waals surface area contributed by atoms with Crippen molar-refractivity contribution in [1.82, 2.24) is 28.5 Å². The van der Waals surface area contributed by atoms with Crippen molar-refractivity contribution in [3.8, 4) is 0 Å². The number of rotatable bonds is 5. The van der Waals surface area contributed by atoms with Crippen LogP contribution in [0, 0.1) is 0 Å². The molecule has 0 unspecified atom stereocenters. The van der Waals surface area contributed by atoms with Crippen LogP contribution in [0.3, 0.4) is 0 Å². The number of carbonyl (C=O) groups is 1. The van der Waals surface area contributed by atoms with Crippen LogP contribution >= 0.6 is 23.2 Å². The van der Waals surface area contributed by atoms with E-state index in [4.69, 9.17) is 23.2 Å². The first-order valence-electron chi connectivity index (χ1n) is 10.9. The lowest BCUT2D eigenvalue weighted by molar-refractivity contribution is 0.0761. The van der Waals surface area contributed by atoms with E-state index in [1.165, 1.54) is 11.6 Å². The Bertz CT molecular complexity index is 1310. The summed E-state index contributed by atoms with van der Waals surface area (Å²) >= 11 is 12.0. The molecule has 0 aliphatic carbocycles. The van der Waals surface area contributed by atoms with Crippen molar-refractivity contribution in [2.24, 2.45) is 14.1 Å². The summed E-state index contributed by atoms with van der Waals surface area (Å²) in [7, 11) is 3.09. The molecule has 9 nitrogen and oxygen atoms in total. The molecule has 3 aromatic rings. The summed E-state index contributed by atoms with van der Waals surface area (Å²) in [6.45, 7) is 4.44. The molecule has 33 heavy (non-hydrogen) atoms. The van der Waals surface area contributed by atoms with Crippen LogP contribution in [0.25, 0.3) is 11.2 Å². The smallest absolute Gasteiger partial charge is 0.332 e. The average Bonchev–Trinajstić information content (AvgIpc) is 3.08. The third-order valence-electron chi connectivity index (χ3n) is 6.13. The number of nitrogens with zero attached hydrogens (tertiary/aromatic N) is 6. The summed E-state index contributed by atoms with van der Waals surface area (Å²) in [4.78, 5) is 46.0. The maximum absolute atomic E-state index is 12.9. The van der Waals surface area contributed by atoms with E-state index >= 15 is 0 Å². The second-order valence-electron chi connectivity index (χ2n) is 8.29. The van der Waals surface area contributed by atoms with Crippen LogP contribution in [0.15, 0.2) is 34.1 Å². The lowest BCUT2D eigenvalue weighted by Crippen LogP contribution is -2.37. The van der Waals surface area contributed by atoms with Crippen molar-refractivity contribution in [3.05, 3.63) is 61.0 Å². The van der Waals surface area contributed by atoms with Crippen molar-refractivity contribution in [2.45, 2.75) is 19.4 Å². The minimum Gasteiger partial charge on any atom is -0.337 e. The van der Waals surface area contributed by atoms with Crippen LogP contribution in [-0.2, 0) is 20.6 Å². The minimum absolute atomic E-state index is 0.0400. The van der Waals surface area contributed by atoms with Gasteiger partial charge in [-0.05, 0) is 44.1 Å². The highest BCUT2D eigenvalue weighted by atomic mass is 35.5. The fourth-order valence-electron chi connectivity index (χ4n) is 4.24. The number of amides is 1. The third-order valence-corrected chi connectivity index (χ3v) is 6.87. The molecule has 0 spiro atoms. The minimum atomic E-state index is -0.387. The molecule has 4 rings (SSSR count). The van der Waals surface area contributed by atoms with Crippen LogP contribution in [0.4, 0.5) is 0 Å². The van der Waals surface area contributed by atoms with Crippen LogP contribution in [-0.4, -0.2) is 67.1 Å². The lowest BCUT2D eigenvalue weighted by Gasteiger charge is -2.22. The number of benzene rings is 1. The molecule has 0 N–H and O–H groups in total. The Morgan fingerprint density at radius 3 is 2.55 bits per heavy atom. The summed E-state index contributed by atoms with van der Waals surface area (Å²) in [6.07, 6.45) is 3.31. The van der Waals surface area contributed by atoms with Crippen LogP contribution in [0.2, 0.25) is 10.0 Å². The Kier molecular flexibility index (Phi) is 6.92. The van der Waals surface area contributed by atoms with Gasteiger partial charge >= 0.3 is 5.69 Å². The SMILES string of the molecule is Cn1c(=O)c2c(ncn2CCCN2CCCN(C(=O)c3ccc(Cl)c(Cl)c3)CC2)n(C)c1=O. The fraction of sp³-hybridized carbons (Fsp3) is 0.455. The maximum Gasteiger partial charge on any atom is 0.332 e. The number of aryl methyl sites for hydroxylation is 2. The van der Waals surface area contributed by atoms with E-state index in [9.17, 15) is 14.4 Å². The molecule has 1 aliphatic heterocycles. The second kappa shape index (κ2) is 9.70. The van der Waals surface area contributed by atoms with Gasteiger partial charge in [0.25, 0.3) is 11.5 Å². The van der Waals surface area contributed by atoms with Crippen LogP contribution in [0.1, 0.15) is 23.2 Å². The molecule has 1 saturated heterocycles. The summed E-state index contributed by atoms with van der Waals surface area (Å²) in [6, 6.07) is 4.96. The maximum atomic E-state index is 12.9. The van der Waals surface area contributed by atoms with Crippen molar-refractivity contribution < 1.29 is 4.79 Å². The predicted molar refractivity (Wildman–Crippen MR) is 128 cm³/mol. The Balaban J connectivity index is 1.36. The highest BCUT2D eigenvalue weighted by molar-refractivity contribution is 6.42. The highest BCUT2D eigenvalue weighted by Gasteiger charge is 2.21. The molecular formula is C22H26Cl2N6O3. The van der Waals surface area contributed by atoms with E-state index in [1.807, 2.05) is 9.47 Å². The molecule has 2 aromatic heterocycles. The molecule has 0 bridgehead atoms. The summed E-state index contributed by atoms with van der Waals surface area (Å²) in [5.74, 6) is -0.0400. The van der Waals surface area contributed by atoms with Crippen LogP contribution < -0.4 is 11.2 Å². The summed E-state index contributed by atoms with van der Waals surface area (Å²) in [5.41, 5.74) is 0.656. The number of halogens is 2. The summed E-state index contributed by atoms with van der Waals surface area (Å²) in [5, 5.41) is 0.807. The highest BCUT2D eigenvalue weighted by Crippen LogP contribution is 2.23. The number of fused-ring (bicyclic) bond motifs is 1. The van der Waals surface area contributed by atoms with E-state index in [1.54, 1.807) is 31.6 Å². The second-order valence-corrected chi connectivity index (χ2v) is 9.10. The molecule has 11 heteroatoms. The molecule has 1 fully saturated rings. The predicted octanol–water partition coefficient (Wildman–Crippen LogP) is 1.98. The zero-order chi connectivity index (χ0) is 23.7. The molecule has 176 valence electrons. The Morgan fingerprint density at radius 1 is 1.00 bits per heavy atom. The van der Waals surface area contributed by atoms with Gasteiger partial charge in [0.2, 0.25) is 0 Å². The van der Waals surface area contributed by atoms with Gasteiger partial charge in [0, 0.05) is 45.8 Å². The fourth-order valence-corrected chi connectivity index (χ4v) is 4.54. The Morgan fingerprint density at radius 2 is 1.79 bits per heavy atom. The molecule has 0 saturated carbocycles. The van der Waals surface area contributed by atoms with Gasteiger partial charge in [-0.2, -0.15) is 0 Å². The molecule has 1 aromatic carbocycles. The monoisotopic (exact) mass is 492 g/mol. The zero-order valence-corrected chi connectivity index (χ0v) is 20.1. The molecule has 1 amide bonds. The molecular weight excluding hydrogens is 467 g/mol. The van der Waals surface area contributed by atoms with Crippen molar-refractivity contribution >= 4 is 40.3 Å². The Hall–Kier alpha value is -2.62. The van der Waals surface area contributed by atoms with Gasteiger partial charge in [-0.25, -0.2) is 9.78 Å². The molecule has 1 aliphatic rings. The topological polar surface area (TPSA) is 85.4 Å². The standard InChI is InChI=1S/C22H26Cl2N6O3/c1-26-19-18(21(32)27(2)22(26)33)30(14-25-19)10-4-8-28-7-3-9-29(12-11-28)20(31)15-5-6-16(23)17(24)13-15/h5-6,13-14H,3-4,7-12H2,1-2H3. The quantitative estimate of drug-likeness (QED) is 0.543. The number of aromatic nitrogens is 4. The van der Waals surface area contributed by atoms with E-state index in [0.29, 0.717) is 46.4 Å². The normalized spacial score (nSPS) is 15.2. The largest absolute Gasteiger partial charge is 0.337 e. The van der Waals surface area contributed by atoms with Crippen molar-refractivity contribution in [3.63, 3.8) is 0 Å². The first-order valence-corrected chi connectivity index (χ1v) is 11.6. The van der Waals surface area contributed by atoms with Gasteiger partial charge in [0.05, 0.1) is 16.4 Å². The molecule has 0 atom stereocenters. The first kappa shape index (κ1) is 23.5. The van der Waals surface area contributed by atoms with Gasteiger partial charge in [0.15, 0.2) is 11.2 Å². The lowest BCUT2D eigenvalue weighted by atomic mass is 10.2. The molecule has 0 radical (unpaired) electrons. The van der Waals surface area contributed by atoms with Gasteiger partial charge in [-0.3, -0.25) is 18.7 Å². The van der Waals surface area contributed by atoms with Gasteiger partial charge in [-0.1, -0.05) is 23.2 Å². The van der Waals surface area contributed by atoms with Gasteiger partial charge in [0.1, 0.15) is 0 Å². The van der Waals surface area contributed by atoms with Gasteiger partial charge < -0.3 is 14.4 Å².